The molecule has 10 nitrogen and oxygen atoms in total. The van der Waals surface area contributed by atoms with E-state index in [1.165, 1.54) is 83.4 Å². The molecule has 0 radical (unpaired) electrons. The highest BCUT2D eigenvalue weighted by Crippen LogP contribution is 2.42. The summed E-state index contributed by atoms with van der Waals surface area (Å²) in [5, 5.41) is 0. The average molecular weight is 594 g/mol. The number of hydrogen-bond donors (Lipinski definition) is 3. The largest absolute Gasteiger partial charge is 0.379 e. The van der Waals surface area contributed by atoms with Crippen LogP contribution in [0, 0.1) is 0 Å². The van der Waals surface area contributed by atoms with Crippen LogP contribution in [0.4, 0.5) is 5.95 Å². The van der Waals surface area contributed by atoms with Gasteiger partial charge < -0.3 is 24.5 Å². The van der Waals surface area contributed by atoms with E-state index >= 15 is 0 Å². The lowest BCUT2D eigenvalue weighted by atomic mass is 10.1. The van der Waals surface area contributed by atoms with Crippen molar-refractivity contribution in [3.8, 4) is 0 Å². The molecule has 0 bridgehead atoms. The number of imidazole rings is 1. The van der Waals surface area contributed by atoms with Gasteiger partial charge in [-0.15, -0.1) is 0 Å². The van der Waals surface area contributed by atoms with E-state index in [9.17, 15) is 14.3 Å². The summed E-state index contributed by atoms with van der Waals surface area (Å²) in [6, 6.07) is 0. The Morgan fingerprint density at radius 1 is 0.902 bits per heavy atom. The molecular formula is C30H52N5O5P. The molecule has 0 saturated carbocycles. The number of nitrogens with two attached hydrogens (primary N) is 1. The smallest absolute Gasteiger partial charge is 0.328 e. The van der Waals surface area contributed by atoms with Crippen LogP contribution in [-0.2, 0) is 20.4 Å². The summed E-state index contributed by atoms with van der Waals surface area (Å²) in [5.74, 6) is 0.0265. The third kappa shape index (κ3) is 16.1. The Balaban J connectivity index is 1.38. The normalized spacial score (nSPS) is 13.6. The van der Waals surface area contributed by atoms with Gasteiger partial charge in [0, 0.05) is 13.2 Å². The van der Waals surface area contributed by atoms with Crippen molar-refractivity contribution < 1.29 is 18.7 Å². The van der Waals surface area contributed by atoms with Crippen LogP contribution in [0.1, 0.15) is 103 Å². The van der Waals surface area contributed by atoms with Crippen LogP contribution in [0.25, 0.3) is 11.2 Å². The maximum Gasteiger partial charge on any atom is 0.328 e. The molecule has 0 saturated heterocycles. The van der Waals surface area contributed by atoms with Gasteiger partial charge in [-0.2, -0.15) is 4.98 Å². The Kier molecular flexibility index (Phi) is 18.3. The van der Waals surface area contributed by atoms with Crippen LogP contribution in [0.3, 0.4) is 0 Å². The second-order valence-electron chi connectivity index (χ2n) is 10.5. The van der Waals surface area contributed by atoms with Crippen LogP contribution in [0.2, 0.25) is 0 Å². The molecule has 4 N–H and O–H groups in total. The Morgan fingerprint density at radius 2 is 1.54 bits per heavy atom. The third-order valence-electron chi connectivity index (χ3n) is 6.86. The Hall–Kier alpha value is -2.26. The minimum atomic E-state index is -3.67. The maximum atomic E-state index is 12.2. The number of H-pyrrole nitrogens is 1. The summed E-state index contributed by atoms with van der Waals surface area (Å²) >= 11 is 0. The lowest BCUT2D eigenvalue weighted by molar-refractivity contribution is 0.0926. The molecule has 0 spiro atoms. The number of aromatic amines is 1. The number of allylic oxidation sites excluding steroid dienone is 4. The van der Waals surface area contributed by atoms with Crippen LogP contribution in [0.5, 0.6) is 0 Å². The minimum absolute atomic E-state index is 0.0218. The molecule has 0 amide bonds. The number of aromatic nitrogens is 4. The summed E-state index contributed by atoms with van der Waals surface area (Å²) in [5.41, 5.74) is 5.82. The number of hydrogen-bond acceptors (Lipinski definition) is 7. The molecule has 0 fully saturated rings. The number of rotatable bonds is 25. The fourth-order valence-electron chi connectivity index (χ4n) is 4.51. The highest BCUT2D eigenvalue weighted by Gasteiger charge is 2.17. The van der Waals surface area contributed by atoms with E-state index in [2.05, 4.69) is 34.0 Å². The molecule has 1 atom stereocenters. The number of fused-ring (bicyclic) bond motifs is 1. The van der Waals surface area contributed by atoms with E-state index in [1.54, 1.807) is 10.6 Å². The third-order valence-corrected chi connectivity index (χ3v) is 8.27. The zero-order valence-electron chi connectivity index (χ0n) is 25.0. The second kappa shape index (κ2) is 21.4. The SMILES string of the molecule is CCCCCCCC/C=C\CCCCCCCCOCCOP(=O)(O)CC/C=C\Cn1cnc2c(=O)[nH]c(N)nc21. The van der Waals surface area contributed by atoms with E-state index in [-0.39, 0.29) is 29.8 Å². The molecule has 0 aliphatic heterocycles. The van der Waals surface area contributed by atoms with Crippen molar-refractivity contribution in [1.82, 2.24) is 19.5 Å². The first kappa shape index (κ1) is 34.9. The van der Waals surface area contributed by atoms with Gasteiger partial charge in [0.05, 0.1) is 25.7 Å². The predicted octanol–water partition coefficient (Wildman–Crippen LogP) is 6.90. The lowest BCUT2D eigenvalue weighted by Crippen LogP contribution is -2.12. The number of anilines is 1. The van der Waals surface area contributed by atoms with Crippen molar-refractivity contribution >= 4 is 24.7 Å². The van der Waals surface area contributed by atoms with Gasteiger partial charge in [-0.1, -0.05) is 89.0 Å². The molecule has 0 aliphatic rings. The van der Waals surface area contributed by atoms with Crippen LogP contribution in [0.15, 0.2) is 35.4 Å². The molecule has 2 heterocycles. The number of ether oxygens (including phenoxy) is 1. The van der Waals surface area contributed by atoms with Gasteiger partial charge in [-0.25, -0.2) is 4.98 Å². The van der Waals surface area contributed by atoms with Gasteiger partial charge >= 0.3 is 7.60 Å². The first-order valence-electron chi connectivity index (χ1n) is 15.5. The number of nitrogens with zero attached hydrogens (tertiary/aromatic N) is 3. The maximum absolute atomic E-state index is 12.2. The van der Waals surface area contributed by atoms with Gasteiger partial charge in [0.2, 0.25) is 5.95 Å². The van der Waals surface area contributed by atoms with Crippen LogP contribution >= 0.6 is 7.60 Å². The minimum Gasteiger partial charge on any atom is -0.379 e. The van der Waals surface area contributed by atoms with Crippen LogP contribution < -0.4 is 11.3 Å². The molecular weight excluding hydrogens is 541 g/mol. The molecule has 11 heteroatoms. The van der Waals surface area contributed by atoms with E-state index < -0.39 is 7.60 Å². The van der Waals surface area contributed by atoms with Gasteiger partial charge in [-0.3, -0.25) is 14.3 Å². The molecule has 2 rings (SSSR count). The fourth-order valence-corrected chi connectivity index (χ4v) is 5.47. The lowest BCUT2D eigenvalue weighted by Gasteiger charge is -2.11. The summed E-state index contributed by atoms with van der Waals surface area (Å²) in [6.07, 6.45) is 28.0. The summed E-state index contributed by atoms with van der Waals surface area (Å²) in [4.78, 5) is 32.4. The number of unbranched alkanes of at least 4 members (excludes halogenated alkanes) is 12. The Morgan fingerprint density at radius 3 is 2.24 bits per heavy atom. The molecule has 0 aliphatic carbocycles. The van der Waals surface area contributed by atoms with Crippen molar-refractivity contribution in [1.29, 1.82) is 0 Å². The molecule has 0 aromatic carbocycles. The van der Waals surface area contributed by atoms with Crippen molar-refractivity contribution in [3.63, 3.8) is 0 Å². The first-order valence-corrected chi connectivity index (χ1v) is 17.2. The number of nitrogens with one attached hydrogen (secondary N) is 1. The van der Waals surface area contributed by atoms with E-state index in [4.69, 9.17) is 15.0 Å². The number of nitrogen functional groups attached to an aromatic ring is 1. The quantitative estimate of drug-likeness (QED) is 0.0640. The van der Waals surface area contributed by atoms with Crippen molar-refractivity contribution in [2.45, 2.75) is 110 Å². The summed E-state index contributed by atoms with van der Waals surface area (Å²) < 4.78 is 24.6. The standard InChI is InChI=1S/C30H52N5O5P/c1-2-3-4-5-6-7-8-9-10-11-12-13-14-15-16-19-22-39-23-24-40-41(37,38)25-20-17-18-21-35-26-32-27-28(35)33-30(31)34-29(27)36/h9-10,17-18,26H,2-8,11-16,19-25H2,1H3,(H,37,38)(H3,31,33,34,36)/b10-9-,18-17-. The van der Waals surface area contributed by atoms with Gasteiger partial charge in [-0.05, 0) is 38.5 Å². The first-order chi connectivity index (χ1) is 19.9. The van der Waals surface area contributed by atoms with E-state index in [0.29, 0.717) is 31.8 Å². The fraction of sp³-hybridized carbons (Fsp3) is 0.700. The summed E-state index contributed by atoms with van der Waals surface area (Å²) in [7, 11) is -3.67. The Bertz CT molecular complexity index is 1130. The van der Waals surface area contributed by atoms with Crippen LogP contribution in [-0.4, -0.2) is 50.4 Å². The monoisotopic (exact) mass is 593 g/mol. The molecule has 2 aromatic rings. The average Bonchev–Trinajstić information content (AvgIpc) is 3.34. The topological polar surface area (TPSA) is 145 Å². The summed E-state index contributed by atoms with van der Waals surface area (Å²) in [6.45, 7) is 3.74. The van der Waals surface area contributed by atoms with Crippen molar-refractivity contribution in [3.05, 3.63) is 41.0 Å². The van der Waals surface area contributed by atoms with Gasteiger partial charge in [0.1, 0.15) is 0 Å². The zero-order valence-corrected chi connectivity index (χ0v) is 25.9. The van der Waals surface area contributed by atoms with E-state index in [0.717, 1.165) is 12.8 Å². The van der Waals surface area contributed by atoms with Gasteiger partial charge in [0.25, 0.3) is 5.56 Å². The predicted molar refractivity (Wildman–Crippen MR) is 167 cm³/mol. The molecule has 1 unspecified atom stereocenters. The molecule has 2 aromatic heterocycles. The highest BCUT2D eigenvalue weighted by molar-refractivity contribution is 7.52. The zero-order chi connectivity index (χ0) is 29.6. The van der Waals surface area contributed by atoms with Crippen molar-refractivity contribution in [2.75, 3.05) is 31.7 Å². The molecule has 41 heavy (non-hydrogen) atoms. The molecule has 232 valence electrons. The van der Waals surface area contributed by atoms with Crippen molar-refractivity contribution in [2.24, 2.45) is 0 Å². The van der Waals surface area contributed by atoms with E-state index in [1.807, 2.05) is 6.08 Å². The van der Waals surface area contributed by atoms with Gasteiger partial charge in [0.15, 0.2) is 11.2 Å². The second-order valence-corrected chi connectivity index (χ2v) is 12.5. The Labute approximate surface area is 245 Å². The highest BCUT2D eigenvalue weighted by atomic mass is 31.2.